The predicted octanol–water partition coefficient (Wildman–Crippen LogP) is 5.20. The average molecular weight is 368 g/mol. The van der Waals surface area contributed by atoms with Crippen molar-refractivity contribution >= 4 is 17.3 Å². The lowest BCUT2D eigenvalue weighted by Gasteiger charge is -2.13. The van der Waals surface area contributed by atoms with Gasteiger partial charge in [0, 0.05) is 13.0 Å². The smallest absolute Gasteiger partial charge is 0.226 e. The monoisotopic (exact) mass is 368 g/mol. The minimum atomic E-state index is -0.807. The number of carbonyl (C=O) groups excluding carboxylic acids is 1. The Kier molecular flexibility index (Phi) is 5.99. The molecule has 0 aliphatic heterocycles. The summed E-state index contributed by atoms with van der Waals surface area (Å²) in [6.07, 6.45) is 0.0352. The van der Waals surface area contributed by atoms with E-state index in [1.54, 1.807) is 0 Å². The Balaban J connectivity index is 1.57. The first-order chi connectivity index (χ1) is 13.1. The van der Waals surface area contributed by atoms with Gasteiger partial charge in [-0.05, 0) is 36.4 Å². The van der Waals surface area contributed by atoms with Crippen LogP contribution in [0.5, 0.6) is 11.5 Å². The molecule has 3 aromatic rings. The third-order valence-electron chi connectivity index (χ3n) is 3.75. The van der Waals surface area contributed by atoms with E-state index in [1.165, 1.54) is 6.07 Å². The van der Waals surface area contributed by atoms with Gasteiger partial charge in [-0.1, -0.05) is 36.4 Å². The number of halogens is 2. The van der Waals surface area contributed by atoms with E-state index in [0.29, 0.717) is 17.2 Å². The highest BCUT2D eigenvalue weighted by atomic mass is 19.1. The zero-order valence-electron chi connectivity index (χ0n) is 14.4. The second kappa shape index (κ2) is 8.80. The average Bonchev–Trinajstić information content (AvgIpc) is 2.67. The molecule has 0 saturated heterocycles. The molecule has 0 saturated carbocycles. The zero-order valence-corrected chi connectivity index (χ0v) is 14.4. The molecule has 0 unspecified atom stereocenters. The molecule has 0 aliphatic carbocycles. The molecule has 0 aliphatic rings. The molecule has 0 aromatic heterocycles. The minimum absolute atomic E-state index is 0.0352. The van der Waals surface area contributed by atoms with E-state index in [1.807, 2.05) is 54.6 Å². The van der Waals surface area contributed by atoms with Crippen LogP contribution >= 0.6 is 0 Å². The van der Waals surface area contributed by atoms with Crippen LogP contribution in [-0.4, -0.2) is 12.5 Å². The van der Waals surface area contributed by atoms with Crippen molar-refractivity contribution in [3.05, 3.63) is 84.4 Å². The van der Waals surface area contributed by atoms with Gasteiger partial charge in [-0.15, -0.1) is 0 Å². The Morgan fingerprint density at radius 2 is 1.52 bits per heavy atom. The van der Waals surface area contributed by atoms with Crippen molar-refractivity contribution in [1.82, 2.24) is 0 Å². The van der Waals surface area contributed by atoms with E-state index in [2.05, 4.69) is 10.6 Å². The predicted molar refractivity (Wildman–Crippen MR) is 101 cm³/mol. The van der Waals surface area contributed by atoms with Gasteiger partial charge in [0.15, 0.2) is 5.75 Å². The van der Waals surface area contributed by atoms with Crippen LogP contribution in [0.25, 0.3) is 0 Å². The molecule has 0 fully saturated rings. The molecule has 0 heterocycles. The lowest BCUT2D eigenvalue weighted by Crippen LogP contribution is -2.18. The number of anilines is 2. The zero-order chi connectivity index (χ0) is 19.1. The molecule has 0 bridgehead atoms. The number of amides is 1. The topological polar surface area (TPSA) is 50.4 Å². The fourth-order valence-corrected chi connectivity index (χ4v) is 2.45. The van der Waals surface area contributed by atoms with E-state index in [4.69, 9.17) is 4.74 Å². The highest BCUT2D eigenvalue weighted by Gasteiger charge is 2.12. The SMILES string of the molecule is O=C(CCNc1ccccc1Oc1ccccc1)Nc1c(F)cccc1F. The van der Waals surface area contributed by atoms with Crippen molar-refractivity contribution in [3.8, 4) is 11.5 Å². The van der Waals surface area contributed by atoms with Crippen molar-refractivity contribution in [2.75, 3.05) is 17.2 Å². The molecule has 0 radical (unpaired) electrons. The van der Waals surface area contributed by atoms with Gasteiger partial charge in [-0.3, -0.25) is 4.79 Å². The number of hydrogen-bond donors (Lipinski definition) is 2. The van der Waals surface area contributed by atoms with Crippen LogP contribution in [-0.2, 0) is 4.79 Å². The van der Waals surface area contributed by atoms with Gasteiger partial charge < -0.3 is 15.4 Å². The van der Waals surface area contributed by atoms with E-state index in [0.717, 1.165) is 12.1 Å². The van der Waals surface area contributed by atoms with Crippen LogP contribution in [0.2, 0.25) is 0 Å². The molecule has 6 heteroatoms. The minimum Gasteiger partial charge on any atom is -0.455 e. The van der Waals surface area contributed by atoms with Gasteiger partial charge in [0.25, 0.3) is 0 Å². The summed E-state index contributed by atoms with van der Waals surface area (Å²) in [4.78, 5) is 12.0. The normalized spacial score (nSPS) is 10.3. The van der Waals surface area contributed by atoms with Crippen LogP contribution < -0.4 is 15.4 Å². The van der Waals surface area contributed by atoms with Crippen molar-refractivity contribution in [2.24, 2.45) is 0 Å². The van der Waals surface area contributed by atoms with Crippen molar-refractivity contribution in [3.63, 3.8) is 0 Å². The maximum atomic E-state index is 13.6. The van der Waals surface area contributed by atoms with E-state index < -0.39 is 23.2 Å². The number of ether oxygens (including phenoxy) is 1. The summed E-state index contributed by atoms with van der Waals surface area (Å²) in [5, 5.41) is 5.37. The molecule has 0 atom stereocenters. The molecule has 27 heavy (non-hydrogen) atoms. The van der Waals surface area contributed by atoms with Crippen LogP contribution in [0.15, 0.2) is 72.8 Å². The third-order valence-corrected chi connectivity index (χ3v) is 3.75. The first kappa shape index (κ1) is 18.4. The summed E-state index contributed by atoms with van der Waals surface area (Å²) < 4.78 is 33.0. The van der Waals surface area contributed by atoms with Crippen molar-refractivity contribution in [1.29, 1.82) is 0 Å². The largest absolute Gasteiger partial charge is 0.455 e. The number of para-hydroxylation sites is 4. The van der Waals surface area contributed by atoms with Gasteiger partial charge in [-0.2, -0.15) is 0 Å². The lowest BCUT2D eigenvalue weighted by molar-refractivity contribution is -0.116. The molecule has 2 N–H and O–H groups in total. The second-order valence-electron chi connectivity index (χ2n) is 5.73. The number of hydrogen-bond acceptors (Lipinski definition) is 3. The Morgan fingerprint density at radius 1 is 0.852 bits per heavy atom. The summed E-state index contributed by atoms with van der Waals surface area (Å²) in [7, 11) is 0. The Morgan fingerprint density at radius 3 is 2.26 bits per heavy atom. The Bertz CT molecular complexity index is 897. The maximum Gasteiger partial charge on any atom is 0.226 e. The standard InChI is InChI=1S/C21H18F2N2O2/c22-16-9-6-10-17(23)21(16)25-20(26)13-14-24-18-11-4-5-12-19(18)27-15-7-2-1-3-8-15/h1-12,24H,13-14H2,(H,25,26). The molecule has 138 valence electrons. The van der Waals surface area contributed by atoms with Crippen LogP contribution in [0.4, 0.5) is 20.2 Å². The molecule has 4 nitrogen and oxygen atoms in total. The quantitative estimate of drug-likeness (QED) is 0.603. The highest BCUT2D eigenvalue weighted by molar-refractivity contribution is 5.91. The highest BCUT2D eigenvalue weighted by Crippen LogP contribution is 2.29. The summed E-state index contributed by atoms with van der Waals surface area (Å²) in [5.74, 6) is -0.799. The van der Waals surface area contributed by atoms with E-state index in [-0.39, 0.29) is 13.0 Å². The summed E-state index contributed by atoms with van der Waals surface area (Å²) in [5.41, 5.74) is 0.279. The van der Waals surface area contributed by atoms with Crippen LogP contribution in [0.3, 0.4) is 0 Å². The van der Waals surface area contributed by atoms with Crippen molar-refractivity contribution in [2.45, 2.75) is 6.42 Å². The number of benzene rings is 3. The van der Waals surface area contributed by atoms with E-state index in [9.17, 15) is 13.6 Å². The van der Waals surface area contributed by atoms with Crippen molar-refractivity contribution < 1.29 is 18.3 Å². The Labute approximate surface area is 155 Å². The molecule has 1 amide bonds. The van der Waals surface area contributed by atoms with Gasteiger partial charge in [0.1, 0.15) is 23.1 Å². The molecular weight excluding hydrogens is 350 g/mol. The Hall–Kier alpha value is -3.41. The van der Waals surface area contributed by atoms with Gasteiger partial charge in [-0.25, -0.2) is 8.78 Å². The van der Waals surface area contributed by atoms with Gasteiger partial charge in [0.2, 0.25) is 5.91 Å². The number of nitrogens with one attached hydrogen (secondary N) is 2. The number of carbonyl (C=O) groups is 1. The summed E-state index contributed by atoms with van der Waals surface area (Å²) in [6, 6.07) is 20.1. The lowest BCUT2D eigenvalue weighted by atomic mass is 10.2. The molecule has 3 aromatic carbocycles. The van der Waals surface area contributed by atoms with Crippen LogP contribution in [0, 0.1) is 11.6 Å². The second-order valence-corrected chi connectivity index (χ2v) is 5.73. The first-order valence-electron chi connectivity index (χ1n) is 8.43. The summed E-state index contributed by atoms with van der Waals surface area (Å²) >= 11 is 0. The fourth-order valence-electron chi connectivity index (χ4n) is 2.45. The molecule has 0 spiro atoms. The fraction of sp³-hybridized carbons (Fsp3) is 0.0952. The maximum absolute atomic E-state index is 13.6. The van der Waals surface area contributed by atoms with E-state index >= 15 is 0 Å². The van der Waals surface area contributed by atoms with Gasteiger partial charge in [0.05, 0.1) is 5.69 Å². The summed E-state index contributed by atoms with van der Waals surface area (Å²) in [6.45, 7) is 0.275. The number of rotatable bonds is 7. The third kappa shape index (κ3) is 5.04. The first-order valence-corrected chi connectivity index (χ1v) is 8.43. The van der Waals surface area contributed by atoms with Crippen LogP contribution in [0.1, 0.15) is 6.42 Å². The van der Waals surface area contributed by atoms with Gasteiger partial charge >= 0.3 is 0 Å². The molecular formula is C21H18F2N2O2. The molecule has 3 rings (SSSR count).